The first-order chi connectivity index (χ1) is 12.3. The smallest absolute Gasteiger partial charge is 0.243 e. The van der Waals surface area contributed by atoms with Crippen LogP contribution in [0.1, 0.15) is 16.7 Å². The van der Waals surface area contributed by atoms with Crippen LogP contribution in [0.5, 0.6) is 0 Å². The second kappa shape index (κ2) is 7.29. The van der Waals surface area contributed by atoms with Crippen molar-refractivity contribution in [3.8, 4) is 0 Å². The summed E-state index contributed by atoms with van der Waals surface area (Å²) in [6.07, 6.45) is 1.87. The fourth-order valence-electron chi connectivity index (χ4n) is 3.07. The maximum absolute atomic E-state index is 12.8. The molecule has 0 atom stereocenters. The summed E-state index contributed by atoms with van der Waals surface area (Å²) in [5, 5.41) is 0.468. The molecule has 26 heavy (non-hydrogen) atoms. The van der Waals surface area contributed by atoms with Crippen molar-refractivity contribution in [2.45, 2.75) is 19.9 Å². The number of halogens is 1. The van der Waals surface area contributed by atoms with Crippen molar-refractivity contribution in [3.63, 3.8) is 0 Å². The molecule has 1 aliphatic rings. The summed E-state index contributed by atoms with van der Waals surface area (Å²) in [4.78, 5) is 14.5. The van der Waals surface area contributed by atoms with Gasteiger partial charge in [0.1, 0.15) is 6.54 Å². The lowest BCUT2D eigenvalue weighted by Crippen LogP contribution is -2.44. The molecule has 0 saturated heterocycles. The minimum atomic E-state index is -3.61. The van der Waals surface area contributed by atoms with Gasteiger partial charge in [-0.15, -0.1) is 0 Å². The fraction of sp³-hybridized carbons (Fsp3) is 0.316. The number of rotatable bonds is 4. The van der Waals surface area contributed by atoms with E-state index in [1.165, 1.54) is 5.56 Å². The van der Waals surface area contributed by atoms with Crippen LogP contribution in [0.15, 0.2) is 42.5 Å². The third-order valence-corrected chi connectivity index (χ3v) is 6.15. The average molecular weight is 393 g/mol. The van der Waals surface area contributed by atoms with E-state index in [2.05, 4.69) is 6.07 Å². The molecular formula is C19H21ClN2O3S. The van der Waals surface area contributed by atoms with E-state index in [-0.39, 0.29) is 12.5 Å². The number of fused-ring (bicyclic) bond motifs is 1. The van der Waals surface area contributed by atoms with E-state index in [0.29, 0.717) is 23.8 Å². The van der Waals surface area contributed by atoms with Gasteiger partial charge in [0.25, 0.3) is 0 Å². The number of carbonyl (C=O) groups is 1. The summed E-state index contributed by atoms with van der Waals surface area (Å²) in [5.74, 6) is -0.221. The Morgan fingerprint density at radius 2 is 1.88 bits per heavy atom. The molecular weight excluding hydrogens is 372 g/mol. The highest BCUT2D eigenvalue weighted by atomic mass is 35.5. The van der Waals surface area contributed by atoms with Gasteiger partial charge in [0, 0.05) is 18.1 Å². The molecule has 0 bridgehead atoms. The third kappa shape index (κ3) is 4.02. The molecule has 0 fully saturated rings. The molecule has 0 N–H and O–H groups in total. The quantitative estimate of drug-likeness (QED) is 0.803. The lowest BCUT2D eigenvalue weighted by atomic mass is 10.00. The molecule has 0 spiro atoms. The molecule has 7 heteroatoms. The van der Waals surface area contributed by atoms with Crippen LogP contribution in [0, 0.1) is 6.92 Å². The van der Waals surface area contributed by atoms with E-state index in [1.54, 1.807) is 23.1 Å². The number of carbonyl (C=O) groups excluding carboxylic acids is 1. The van der Waals surface area contributed by atoms with Gasteiger partial charge in [-0.05, 0) is 42.2 Å². The summed E-state index contributed by atoms with van der Waals surface area (Å²) in [5.41, 5.74) is 3.59. The number of sulfonamides is 1. The molecule has 1 aliphatic heterocycles. The van der Waals surface area contributed by atoms with Crippen molar-refractivity contribution >= 4 is 33.2 Å². The Bertz CT molecular complexity index is 944. The zero-order valence-electron chi connectivity index (χ0n) is 14.8. The average Bonchev–Trinajstić information content (AvgIpc) is 2.60. The number of nitrogens with zero attached hydrogens (tertiary/aromatic N) is 2. The van der Waals surface area contributed by atoms with E-state index in [1.807, 2.05) is 25.1 Å². The van der Waals surface area contributed by atoms with Gasteiger partial charge < -0.3 is 4.90 Å². The predicted molar refractivity (Wildman–Crippen MR) is 104 cm³/mol. The van der Waals surface area contributed by atoms with Gasteiger partial charge in [-0.25, -0.2) is 8.42 Å². The van der Waals surface area contributed by atoms with E-state index in [4.69, 9.17) is 11.6 Å². The van der Waals surface area contributed by atoms with Crippen molar-refractivity contribution in [2.24, 2.45) is 0 Å². The van der Waals surface area contributed by atoms with E-state index < -0.39 is 10.0 Å². The number of aryl methyl sites for hydroxylation is 1. The van der Waals surface area contributed by atoms with Crippen molar-refractivity contribution in [1.82, 2.24) is 4.90 Å². The Labute approximate surface area is 159 Å². The first-order valence-corrected chi connectivity index (χ1v) is 10.6. The van der Waals surface area contributed by atoms with Crippen LogP contribution in [-0.4, -0.2) is 38.6 Å². The Morgan fingerprint density at radius 1 is 1.19 bits per heavy atom. The van der Waals surface area contributed by atoms with Gasteiger partial charge >= 0.3 is 0 Å². The SMILES string of the molecule is Cc1ccc(N(CC(=O)N2CCc3ccccc3C2)S(C)(=O)=O)cc1Cl. The molecule has 0 saturated carbocycles. The third-order valence-electron chi connectivity index (χ3n) is 4.61. The molecule has 3 rings (SSSR count). The highest BCUT2D eigenvalue weighted by molar-refractivity contribution is 7.92. The van der Waals surface area contributed by atoms with E-state index >= 15 is 0 Å². The molecule has 0 aliphatic carbocycles. The Hall–Kier alpha value is -2.05. The Kier molecular flexibility index (Phi) is 5.25. The van der Waals surface area contributed by atoms with Crippen LogP contribution in [0.2, 0.25) is 5.02 Å². The standard InChI is InChI=1S/C19H21ClN2O3S/c1-14-7-8-17(11-18(14)20)22(26(2,24)25)13-19(23)21-10-9-15-5-3-4-6-16(15)12-21/h3-8,11H,9-10,12-13H2,1-2H3. The maximum atomic E-state index is 12.8. The molecule has 0 unspecified atom stereocenters. The minimum absolute atomic E-state index is 0.221. The van der Waals surface area contributed by atoms with Gasteiger partial charge in [-0.2, -0.15) is 0 Å². The van der Waals surface area contributed by atoms with Crippen molar-refractivity contribution < 1.29 is 13.2 Å². The highest BCUT2D eigenvalue weighted by Crippen LogP contribution is 2.25. The van der Waals surface area contributed by atoms with Crippen LogP contribution in [-0.2, 0) is 27.8 Å². The topological polar surface area (TPSA) is 57.7 Å². The number of hydrogen-bond acceptors (Lipinski definition) is 3. The zero-order valence-corrected chi connectivity index (χ0v) is 16.3. The molecule has 5 nitrogen and oxygen atoms in total. The normalized spacial score (nSPS) is 14.0. The van der Waals surface area contributed by atoms with Crippen LogP contribution in [0.3, 0.4) is 0 Å². The summed E-state index contributed by atoms with van der Waals surface area (Å²) >= 11 is 6.13. The van der Waals surface area contributed by atoms with Gasteiger partial charge in [0.15, 0.2) is 0 Å². The van der Waals surface area contributed by atoms with Crippen molar-refractivity contribution in [2.75, 3.05) is 23.7 Å². The van der Waals surface area contributed by atoms with Crippen LogP contribution in [0.25, 0.3) is 0 Å². The van der Waals surface area contributed by atoms with E-state index in [9.17, 15) is 13.2 Å². The van der Waals surface area contributed by atoms with Crippen LogP contribution >= 0.6 is 11.6 Å². The second-order valence-electron chi connectivity index (χ2n) is 6.54. The summed E-state index contributed by atoms with van der Waals surface area (Å²) in [7, 11) is -3.61. The molecule has 2 aromatic carbocycles. The molecule has 138 valence electrons. The lowest BCUT2D eigenvalue weighted by Gasteiger charge is -2.31. The summed E-state index contributed by atoms with van der Waals surface area (Å²) in [6.45, 7) is 2.69. The van der Waals surface area contributed by atoms with Crippen molar-refractivity contribution in [3.05, 3.63) is 64.2 Å². The number of hydrogen-bond donors (Lipinski definition) is 0. The highest BCUT2D eigenvalue weighted by Gasteiger charge is 2.26. The van der Waals surface area contributed by atoms with Crippen LogP contribution < -0.4 is 4.31 Å². The van der Waals surface area contributed by atoms with Gasteiger partial charge in [0.2, 0.25) is 15.9 Å². The number of amides is 1. The first kappa shape index (κ1) is 18.7. The molecule has 2 aromatic rings. The zero-order chi connectivity index (χ0) is 18.9. The maximum Gasteiger partial charge on any atom is 0.243 e. The Balaban J connectivity index is 1.81. The summed E-state index contributed by atoms with van der Waals surface area (Å²) < 4.78 is 25.6. The molecule has 1 amide bonds. The minimum Gasteiger partial charge on any atom is -0.336 e. The fourth-order valence-corrected chi connectivity index (χ4v) is 4.08. The number of benzene rings is 2. The molecule has 0 aromatic heterocycles. The largest absolute Gasteiger partial charge is 0.336 e. The van der Waals surface area contributed by atoms with Gasteiger partial charge in [-0.3, -0.25) is 9.10 Å². The van der Waals surface area contributed by atoms with Crippen LogP contribution in [0.4, 0.5) is 5.69 Å². The molecule has 0 radical (unpaired) electrons. The first-order valence-electron chi connectivity index (χ1n) is 8.34. The van der Waals surface area contributed by atoms with E-state index in [0.717, 1.165) is 28.1 Å². The second-order valence-corrected chi connectivity index (χ2v) is 8.85. The van der Waals surface area contributed by atoms with Gasteiger partial charge in [-0.1, -0.05) is 41.9 Å². The van der Waals surface area contributed by atoms with Gasteiger partial charge in [0.05, 0.1) is 11.9 Å². The van der Waals surface area contributed by atoms with Crippen molar-refractivity contribution in [1.29, 1.82) is 0 Å². The Morgan fingerprint density at radius 3 is 2.54 bits per heavy atom. The number of anilines is 1. The summed E-state index contributed by atoms with van der Waals surface area (Å²) in [6, 6.07) is 13.0. The predicted octanol–water partition coefficient (Wildman–Crippen LogP) is 3.00. The lowest BCUT2D eigenvalue weighted by molar-refractivity contribution is -0.130. The molecule has 1 heterocycles. The monoisotopic (exact) mass is 392 g/mol.